The number of ether oxygens (including phenoxy) is 1. The standard InChI is InChI=1S/C13H13FN2O3S2/c1-2-19-12(18)7-20-6-11(17)16-13-15-9-4-3-8(14)5-10(9)21-13/h3-5H,2,6-7H2,1H3,(H,15,16,17). The molecule has 0 saturated heterocycles. The molecule has 0 fully saturated rings. The Kier molecular flexibility index (Phi) is 5.51. The van der Waals surface area contributed by atoms with Crippen molar-refractivity contribution in [2.24, 2.45) is 0 Å². The summed E-state index contributed by atoms with van der Waals surface area (Å²) in [5.41, 5.74) is 0.635. The molecule has 2 aromatic rings. The minimum absolute atomic E-state index is 0.128. The molecule has 0 atom stereocenters. The van der Waals surface area contributed by atoms with Gasteiger partial charge in [-0.15, -0.1) is 11.8 Å². The molecule has 1 amide bonds. The normalized spacial score (nSPS) is 10.6. The molecule has 21 heavy (non-hydrogen) atoms. The molecule has 112 valence electrons. The lowest BCUT2D eigenvalue weighted by atomic mass is 10.3. The van der Waals surface area contributed by atoms with E-state index in [1.165, 1.54) is 35.2 Å². The van der Waals surface area contributed by atoms with Crippen LogP contribution in [0.25, 0.3) is 10.2 Å². The zero-order chi connectivity index (χ0) is 15.2. The van der Waals surface area contributed by atoms with Crippen LogP contribution in [-0.4, -0.2) is 35.0 Å². The highest BCUT2D eigenvalue weighted by Gasteiger charge is 2.10. The van der Waals surface area contributed by atoms with Gasteiger partial charge in [-0.3, -0.25) is 9.59 Å². The summed E-state index contributed by atoms with van der Waals surface area (Å²) >= 11 is 2.37. The van der Waals surface area contributed by atoms with Crippen molar-refractivity contribution in [2.45, 2.75) is 6.92 Å². The molecule has 5 nitrogen and oxygen atoms in total. The number of amides is 1. The average Bonchev–Trinajstić information content (AvgIpc) is 2.80. The molecule has 0 saturated carbocycles. The molecule has 1 aromatic heterocycles. The second-order valence-electron chi connectivity index (χ2n) is 3.98. The van der Waals surface area contributed by atoms with Gasteiger partial charge in [-0.25, -0.2) is 9.37 Å². The van der Waals surface area contributed by atoms with E-state index in [4.69, 9.17) is 4.74 Å². The first-order valence-electron chi connectivity index (χ1n) is 6.18. The average molecular weight is 328 g/mol. The monoisotopic (exact) mass is 328 g/mol. The number of hydrogen-bond donors (Lipinski definition) is 1. The topological polar surface area (TPSA) is 68.3 Å². The molecular weight excluding hydrogens is 315 g/mol. The Morgan fingerprint density at radius 2 is 2.24 bits per heavy atom. The summed E-state index contributed by atoms with van der Waals surface area (Å²) in [4.78, 5) is 27.0. The minimum atomic E-state index is -0.342. The van der Waals surface area contributed by atoms with E-state index in [0.29, 0.717) is 22.0 Å². The van der Waals surface area contributed by atoms with Gasteiger partial charge in [0, 0.05) is 0 Å². The number of carbonyl (C=O) groups excluding carboxylic acids is 2. The van der Waals surface area contributed by atoms with Crippen LogP contribution in [-0.2, 0) is 14.3 Å². The van der Waals surface area contributed by atoms with Crippen LogP contribution < -0.4 is 5.32 Å². The maximum Gasteiger partial charge on any atom is 0.315 e. The Hall–Kier alpha value is -1.67. The number of rotatable bonds is 6. The Morgan fingerprint density at radius 3 is 3.00 bits per heavy atom. The van der Waals surface area contributed by atoms with E-state index < -0.39 is 0 Å². The molecular formula is C13H13FN2O3S2. The number of nitrogens with one attached hydrogen (secondary N) is 1. The van der Waals surface area contributed by atoms with Gasteiger partial charge in [-0.1, -0.05) is 11.3 Å². The Bertz CT molecular complexity index is 660. The van der Waals surface area contributed by atoms with Crippen molar-refractivity contribution in [1.29, 1.82) is 0 Å². The summed E-state index contributed by atoms with van der Waals surface area (Å²) < 4.78 is 18.5. The van der Waals surface area contributed by atoms with Gasteiger partial charge in [0.05, 0.1) is 28.3 Å². The first-order valence-corrected chi connectivity index (χ1v) is 8.15. The van der Waals surface area contributed by atoms with Crippen LogP contribution in [0.15, 0.2) is 18.2 Å². The predicted octanol–water partition coefficient (Wildman–Crippen LogP) is 2.67. The summed E-state index contributed by atoms with van der Waals surface area (Å²) in [5, 5.41) is 3.04. The van der Waals surface area contributed by atoms with Crippen LogP contribution in [0, 0.1) is 5.82 Å². The number of carbonyl (C=O) groups is 2. The fourth-order valence-corrected chi connectivity index (χ4v) is 3.05. The lowest BCUT2D eigenvalue weighted by Gasteiger charge is -2.02. The molecule has 0 radical (unpaired) electrons. The highest BCUT2D eigenvalue weighted by atomic mass is 32.2. The van der Waals surface area contributed by atoms with E-state index in [2.05, 4.69) is 10.3 Å². The maximum absolute atomic E-state index is 13.1. The predicted molar refractivity (Wildman–Crippen MR) is 82.2 cm³/mol. The molecule has 0 bridgehead atoms. The van der Waals surface area contributed by atoms with Crippen molar-refractivity contribution in [1.82, 2.24) is 4.98 Å². The smallest absolute Gasteiger partial charge is 0.315 e. The summed E-state index contributed by atoms with van der Waals surface area (Å²) in [6.07, 6.45) is 0. The summed E-state index contributed by atoms with van der Waals surface area (Å²) in [6, 6.07) is 4.26. The first-order chi connectivity index (χ1) is 10.1. The third-order valence-corrected chi connectivity index (χ3v) is 4.19. The summed E-state index contributed by atoms with van der Waals surface area (Å²) in [5.74, 6) is -0.682. The van der Waals surface area contributed by atoms with Gasteiger partial charge in [0.15, 0.2) is 5.13 Å². The van der Waals surface area contributed by atoms with Gasteiger partial charge in [0.25, 0.3) is 0 Å². The van der Waals surface area contributed by atoms with Crippen molar-refractivity contribution in [3.05, 3.63) is 24.0 Å². The number of benzene rings is 1. The molecule has 0 aliphatic carbocycles. The fraction of sp³-hybridized carbons (Fsp3) is 0.308. The Morgan fingerprint density at radius 1 is 1.43 bits per heavy atom. The maximum atomic E-state index is 13.1. The van der Waals surface area contributed by atoms with Crippen LogP contribution in [0.4, 0.5) is 9.52 Å². The highest BCUT2D eigenvalue weighted by molar-refractivity contribution is 8.00. The largest absolute Gasteiger partial charge is 0.465 e. The quantitative estimate of drug-likeness (QED) is 0.826. The van der Waals surface area contributed by atoms with Crippen molar-refractivity contribution in [3.8, 4) is 0 Å². The van der Waals surface area contributed by atoms with Gasteiger partial charge < -0.3 is 10.1 Å². The van der Waals surface area contributed by atoms with Crippen LogP contribution in [0.2, 0.25) is 0 Å². The number of nitrogens with zero attached hydrogens (tertiary/aromatic N) is 1. The van der Waals surface area contributed by atoms with E-state index in [1.807, 2.05) is 0 Å². The molecule has 1 aromatic carbocycles. The second-order valence-corrected chi connectivity index (χ2v) is 5.99. The summed E-state index contributed by atoms with van der Waals surface area (Å²) in [7, 11) is 0. The number of aromatic nitrogens is 1. The Labute approximate surface area is 128 Å². The van der Waals surface area contributed by atoms with Crippen LogP contribution in [0.3, 0.4) is 0 Å². The highest BCUT2D eigenvalue weighted by Crippen LogP contribution is 2.26. The van der Waals surface area contributed by atoms with E-state index >= 15 is 0 Å². The minimum Gasteiger partial charge on any atom is -0.465 e. The summed E-state index contributed by atoms with van der Waals surface area (Å²) in [6.45, 7) is 2.05. The molecule has 1 N–H and O–H groups in total. The van der Waals surface area contributed by atoms with Crippen molar-refractivity contribution >= 4 is 50.3 Å². The van der Waals surface area contributed by atoms with Crippen molar-refractivity contribution in [3.63, 3.8) is 0 Å². The number of thioether (sulfide) groups is 1. The lowest BCUT2D eigenvalue weighted by molar-refractivity contribution is -0.139. The zero-order valence-corrected chi connectivity index (χ0v) is 12.9. The van der Waals surface area contributed by atoms with Crippen molar-refractivity contribution < 1.29 is 18.7 Å². The van der Waals surface area contributed by atoms with Crippen LogP contribution in [0.5, 0.6) is 0 Å². The van der Waals surface area contributed by atoms with Gasteiger partial charge in [0.1, 0.15) is 5.82 Å². The molecule has 1 heterocycles. The number of hydrogen-bond acceptors (Lipinski definition) is 6. The number of anilines is 1. The zero-order valence-electron chi connectivity index (χ0n) is 11.2. The Balaban J connectivity index is 1.85. The number of fused-ring (bicyclic) bond motifs is 1. The van der Waals surface area contributed by atoms with Gasteiger partial charge in [0.2, 0.25) is 5.91 Å². The molecule has 0 spiro atoms. The number of thiazole rings is 1. The van der Waals surface area contributed by atoms with E-state index in [9.17, 15) is 14.0 Å². The van der Waals surface area contributed by atoms with Gasteiger partial charge >= 0.3 is 5.97 Å². The van der Waals surface area contributed by atoms with E-state index in [-0.39, 0.29) is 29.2 Å². The molecule has 0 unspecified atom stereocenters. The van der Waals surface area contributed by atoms with Gasteiger partial charge in [-0.05, 0) is 25.1 Å². The van der Waals surface area contributed by atoms with E-state index in [1.54, 1.807) is 13.0 Å². The fourth-order valence-electron chi connectivity index (χ4n) is 1.54. The lowest BCUT2D eigenvalue weighted by Crippen LogP contribution is -2.16. The molecule has 0 aliphatic heterocycles. The van der Waals surface area contributed by atoms with E-state index in [0.717, 1.165) is 0 Å². The van der Waals surface area contributed by atoms with Crippen molar-refractivity contribution in [2.75, 3.05) is 23.4 Å². The van der Waals surface area contributed by atoms with Crippen LogP contribution >= 0.6 is 23.1 Å². The molecule has 2 rings (SSSR count). The second kappa shape index (κ2) is 7.37. The SMILES string of the molecule is CCOC(=O)CSCC(=O)Nc1nc2ccc(F)cc2s1. The number of esters is 1. The number of halogens is 1. The first kappa shape index (κ1) is 15.7. The third kappa shape index (κ3) is 4.68. The molecule has 8 heteroatoms. The van der Waals surface area contributed by atoms with Gasteiger partial charge in [-0.2, -0.15) is 0 Å². The van der Waals surface area contributed by atoms with Crippen LogP contribution in [0.1, 0.15) is 6.92 Å². The third-order valence-electron chi connectivity index (χ3n) is 2.36. The molecule has 0 aliphatic rings.